The third-order valence-corrected chi connectivity index (χ3v) is 1.78. The molecule has 0 rings (SSSR count). The molecule has 0 saturated carbocycles. The summed E-state index contributed by atoms with van der Waals surface area (Å²) >= 11 is 0. The molecule has 15 heavy (non-hydrogen) atoms. The molecule has 0 fully saturated rings. The SMILES string of the molecule is CCCCN=C(N)NCCOCCOC. The van der Waals surface area contributed by atoms with Crippen molar-refractivity contribution in [3.63, 3.8) is 0 Å². The largest absolute Gasteiger partial charge is 0.382 e. The molecular formula is C10H23N3O2. The van der Waals surface area contributed by atoms with Gasteiger partial charge >= 0.3 is 0 Å². The molecule has 0 aromatic rings. The van der Waals surface area contributed by atoms with Gasteiger partial charge in [-0.25, -0.2) is 0 Å². The number of nitrogens with one attached hydrogen (secondary N) is 1. The minimum absolute atomic E-state index is 0.499. The number of ether oxygens (including phenoxy) is 2. The highest BCUT2D eigenvalue weighted by atomic mass is 16.5. The number of nitrogens with zero attached hydrogens (tertiary/aromatic N) is 1. The monoisotopic (exact) mass is 217 g/mol. The molecule has 0 atom stereocenters. The minimum atomic E-state index is 0.499. The van der Waals surface area contributed by atoms with Crippen LogP contribution in [-0.2, 0) is 9.47 Å². The summed E-state index contributed by atoms with van der Waals surface area (Å²) in [4.78, 5) is 4.15. The van der Waals surface area contributed by atoms with Crippen LogP contribution in [-0.4, -0.2) is 46.0 Å². The highest BCUT2D eigenvalue weighted by Crippen LogP contribution is 1.85. The standard InChI is InChI=1S/C10H23N3O2/c1-3-4-5-12-10(11)13-6-7-15-9-8-14-2/h3-9H2,1-2H3,(H3,11,12,13). The van der Waals surface area contributed by atoms with Crippen molar-refractivity contribution >= 4 is 5.96 Å². The average Bonchev–Trinajstić information content (AvgIpc) is 2.23. The summed E-state index contributed by atoms with van der Waals surface area (Å²) in [5.74, 6) is 0.499. The van der Waals surface area contributed by atoms with Gasteiger partial charge in [0, 0.05) is 20.2 Å². The van der Waals surface area contributed by atoms with Gasteiger partial charge in [0.05, 0.1) is 19.8 Å². The number of rotatable bonds is 9. The first kappa shape index (κ1) is 14.2. The Kier molecular flexibility index (Phi) is 10.7. The van der Waals surface area contributed by atoms with Crippen molar-refractivity contribution in [3.05, 3.63) is 0 Å². The topological polar surface area (TPSA) is 68.9 Å². The molecule has 0 spiro atoms. The number of hydrogen-bond donors (Lipinski definition) is 2. The van der Waals surface area contributed by atoms with Crippen LogP contribution in [0.3, 0.4) is 0 Å². The third-order valence-electron chi connectivity index (χ3n) is 1.78. The molecule has 5 heteroatoms. The molecule has 90 valence electrons. The molecule has 0 aliphatic heterocycles. The Labute approximate surface area is 92.0 Å². The van der Waals surface area contributed by atoms with Gasteiger partial charge in [-0.05, 0) is 6.42 Å². The van der Waals surface area contributed by atoms with Crippen LogP contribution in [0.15, 0.2) is 4.99 Å². The number of nitrogens with two attached hydrogens (primary N) is 1. The van der Waals surface area contributed by atoms with Gasteiger partial charge < -0.3 is 20.5 Å². The summed E-state index contributed by atoms with van der Waals surface area (Å²) in [6.45, 7) is 5.46. The second-order valence-electron chi connectivity index (χ2n) is 3.15. The Morgan fingerprint density at radius 1 is 1.33 bits per heavy atom. The third kappa shape index (κ3) is 11.1. The second-order valence-corrected chi connectivity index (χ2v) is 3.15. The lowest BCUT2D eigenvalue weighted by Crippen LogP contribution is -2.34. The molecule has 0 aliphatic carbocycles. The average molecular weight is 217 g/mol. The highest BCUT2D eigenvalue weighted by Gasteiger charge is 1.91. The van der Waals surface area contributed by atoms with E-state index in [1.165, 1.54) is 0 Å². The normalized spacial score (nSPS) is 11.7. The van der Waals surface area contributed by atoms with Crippen LogP contribution in [0.4, 0.5) is 0 Å². The van der Waals surface area contributed by atoms with E-state index in [-0.39, 0.29) is 0 Å². The predicted molar refractivity (Wildman–Crippen MR) is 62.1 cm³/mol. The Morgan fingerprint density at radius 3 is 2.80 bits per heavy atom. The van der Waals surface area contributed by atoms with Crippen molar-refractivity contribution in [1.29, 1.82) is 0 Å². The Balaban J connectivity index is 3.22. The van der Waals surface area contributed by atoms with Gasteiger partial charge in [0.1, 0.15) is 0 Å². The lowest BCUT2D eigenvalue weighted by atomic mass is 10.3. The maximum absolute atomic E-state index is 5.61. The summed E-state index contributed by atoms with van der Waals surface area (Å²) in [6.07, 6.45) is 2.21. The molecule has 0 saturated heterocycles. The van der Waals surface area contributed by atoms with Crippen LogP contribution in [0.1, 0.15) is 19.8 Å². The first-order valence-corrected chi connectivity index (χ1v) is 5.41. The predicted octanol–water partition coefficient (Wildman–Crippen LogP) is 0.354. The Hall–Kier alpha value is -0.810. The van der Waals surface area contributed by atoms with E-state index in [1.54, 1.807) is 7.11 Å². The zero-order valence-electron chi connectivity index (χ0n) is 9.79. The highest BCUT2D eigenvalue weighted by molar-refractivity contribution is 5.77. The van der Waals surface area contributed by atoms with Gasteiger partial charge in [0.25, 0.3) is 0 Å². The lowest BCUT2D eigenvalue weighted by Gasteiger charge is -2.06. The van der Waals surface area contributed by atoms with Gasteiger partial charge in [-0.2, -0.15) is 0 Å². The van der Waals surface area contributed by atoms with E-state index >= 15 is 0 Å². The van der Waals surface area contributed by atoms with Crippen LogP contribution in [0.25, 0.3) is 0 Å². The number of hydrogen-bond acceptors (Lipinski definition) is 3. The molecule has 5 nitrogen and oxygen atoms in total. The van der Waals surface area contributed by atoms with Crippen molar-refractivity contribution in [2.24, 2.45) is 10.7 Å². The van der Waals surface area contributed by atoms with Crippen LogP contribution in [0.5, 0.6) is 0 Å². The first-order valence-electron chi connectivity index (χ1n) is 5.41. The molecule has 0 bridgehead atoms. The maximum Gasteiger partial charge on any atom is 0.188 e. The van der Waals surface area contributed by atoms with Crippen LogP contribution >= 0.6 is 0 Å². The van der Waals surface area contributed by atoms with E-state index in [9.17, 15) is 0 Å². The molecule has 0 aliphatic rings. The zero-order valence-corrected chi connectivity index (χ0v) is 9.79. The van der Waals surface area contributed by atoms with Gasteiger partial charge in [-0.3, -0.25) is 4.99 Å². The lowest BCUT2D eigenvalue weighted by molar-refractivity contribution is 0.0734. The fourth-order valence-electron chi connectivity index (χ4n) is 0.909. The smallest absolute Gasteiger partial charge is 0.188 e. The van der Waals surface area contributed by atoms with E-state index in [0.29, 0.717) is 32.3 Å². The van der Waals surface area contributed by atoms with Gasteiger partial charge in [0.15, 0.2) is 5.96 Å². The van der Waals surface area contributed by atoms with Crippen molar-refractivity contribution in [1.82, 2.24) is 5.32 Å². The van der Waals surface area contributed by atoms with E-state index in [1.807, 2.05) is 0 Å². The summed E-state index contributed by atoms with van der Waals surface area (Å²) in [5.41, 5.74) is 5.61. The van der Waals surface area contributed by atoms with Crippen LogP contribution < -0.4 is 11.1 Å². The van der Waals surface area contributed by atoms with Crippen LogP contribution in [0.2, 0.25) is 0 Å². The molecule has 0 aromatic carbocycles. The maximum atomic E-state index is 5.61. The first-order chi connectivity index (χ1) is 7.31. The number of aliphatic imine (C=N–C) groups is 1. The summed E-state index contributed by atoms with van der Waals surface area (Å²) < 4.78 is 10.1. The van der Waals surface area contributed by atoms with Crippen molar-refractivity contribution in [3.8, 4) is 0 Å². The number of guanidine groups is 1. The van der Waals surface area contributed by atoms with Gasteiger partial charge in [-0.1, -0.05) is 13.3 Å². The Morgan fingerprint density at radius 2 is 2.13 bits per heavy atom. The van der Waals surface area contributed by atoms with E-state index in [0.717, 1.165) is 19.4 Å². The second kappa shape index (κ2) is 11.3. The van der Waals surface area contributed by atoms with Crippen molar-refractivity contribution < 1.29 is 9.47 Å². The van der Waals surface area contributed by atoms with E-state index in [4.69, 9.17) is 15.2 Å². The summed E-state index contributed by atoms with van der Waals surface area (Å²) in [5, 5.41) is 2.98. The minimum Gasteiger partial charge on any atom is -0.382 e. The van der Waals surface area contributed by atoms with Gasteiger partial charge in [0.2, 0.25) is 0 Å². The molecule has 0 amide bonds. The molecule has 0 aromatic heterocycles. The molecule has 0 radical (unpaired) electrons. The van der Waals surface area contributed by atoms with E-state index in [2.05, 4.69) is 17.2 Å². The molecule has 0 unspecified atom stereocenters. The van der Waals surface area contributed by atoms with Crippen molar-refractivity contribution in [2.75, 3.05) is 40.0 Å². The molecule has 3 N–H and O–H groups in total. The van der Waals surface area contributed by atoms with Crippen LogP contribution in [0, 0.1) is 0 Å². The summed E-state index contributed by atoms with van der Waals surface area (Å²) in [7, 11) is 1.65. The fourth-order valence-corrected chi connectivity index (χ4v) is 0.909. The Bertz CT molecular complexity index is 163. The van der Waals surface area contributed by atoms with Gasteiger partial charge in [-0.15, -0.1) is 0 Å². The number of methoxy groups -OCH3 is 1. The molecule has 0 heterocycles. The molecular weight excluding hydrogens is 194 g/mol. The zero-order chi connectivity index (χ0) is 11.4. The fraction of sp³-hybridized carbons (Fsp3) is 0.900. The quantitative estimate of drug-likeness (QED) is 0.332. The number of unbranched alkanes of at least 4 members (excludes halogenated alkanes) is 1. The van der Waals surface area contributed by atoms with E-state index < -0.39 is 0 Å². The van der Waals surface area contributed by atoms with Crippen molar-refractivity contribution in [2.45, 2.75) is 19.8 Å². The summed E-state index contributed by atoms with van der Waals surface area (Å²) in [6, 6.07) is 0.